The molecule has 0 aliphatic rings. The summed E-state index contributed by atoms with van der Waals surface area (Å²) in [6, 6.07) is 27.7. The van der Waals surface area contributed by atoms with Crippen molar-refractivity contribution in [1.29, 1.82) is 0 Å². The fourth-order valence-electron chi connectivity index (χ4n) is 4.17. The predicted molar refractivity (Wildman–Crippen MR) is 203 cm³/mol. The van der Waals surface area contributed by atoms with Gasteiger partial charge in [0.15, 0.2) is 0 Å². The van der Waals surface area contributed by atoms with Crippen molar-refractivity contribution in [1.82, 2.24) is 0 Å². The maximum atomic E-state index is 11.3. The van der Waals surface area contributed by atoms with Gasteiger partial charge in [-0.2, -0.15) is 0 Å². The molecule has 0 unspecified atom stereocenters. The summed E-state index contributed by atoms with van der Waals surface area (Å²) in [5.74, 6) is -3.92. The Morgan fingerprint density at radius 3 is 0.694 bits per heavy atom. The van der Waals surface area contributed by atoms with Crippen molar-refractivity contribution < 1.29 is 45.8 Å². The van der Waals surface area contributed by atoms with E-state index in [1.165, 1.54) is 41.5 Å². The molecule has 0 aromatic heterocycles. The molecule has 0 saturated heterocycles. The van der Waals surface area contributed by atoms with E-state index in [9.17, 15) is 28.8 Å². The first-order valence-electron chi connectivity index (χ1n) is 14.7. The molecule has 0 heterocycles. The number of rotatable bonds is 12. The zero-order valence-electron chi connectivity index (χ0n) is 27.9. The van der Waals surface area contributed by atoms with Gasteiger partial charge in [0.1, 0.15) is 52.5 Å². The monoisotopic (exact) mass is 761 g/mol. The van der Waals surface area contributed by atoms with Gasteiger partial charge in [-0.25, -0.2) is 0 Å². The second kappa shape index (κ2) is 23.3. The number of hydrogen-bond donors (Lipinski definition) is 3. The number of benzene rings is 3. The van der Waals surface area contributed by atoms with Crippen LogP contribution in [-0.4, -0.2) is 49.7 Å². The standard InChI is InChI=1S/3C12H13NO2S.Fe/c3*1-8(14)11(9(2)15)12(16)13-10-6-4-3-5-7-10;/h3*3-7,11H,1-2H3,(H,13,16);. The van der Waals surface area contributed by atoms with Crippen LogP contribution in [0.25, 0.3) is 0 Å². The molecule has 0 aliphatic carbocycles. The van der Waals surface area contributed by atoms with Gasteiger partial charge in [-0.15, -0.1) is 0 Å². The van der Waals surface area contributed by atoms with E-state index >= 15 is 0 Å². The van der Waals surface area contributed by atoms with Gasteiger partial charge in [0.05, 0.1) is 15.0 Å². The van der Waals surface area contributed by atoms with Crippen LogP contribution in [0.3, 0.4) is 0 Å². The van der Waals surface area contributed by atoms with Gasteiger partial charge in [0.25, 0.3) is 0 Å². The minimum absolute atomic E-state index is 0. The number of hydrogen-bond acceptors (Lipinski definition) is 9. The molecule has 3 aromatic rings. The fourth-order valence-corrected chi connectivity index (χ4v) is 5.52. The van der Waals surface area contributed by atoms with Crippen LogP contribution >= 0.6 is 36.7 Å². The van der Waals surface area contributed by atoms with Crippen molar-refractivity contribution in [3.8, 4) is 0 Å². The summed E-state index contributed by atoms with van der Waals surface area (Å²) in [6.07, 6.45) is 0. The Bertz CT molecular complexity index is 1400. The van der Waals surface area contributed by atoms with E-state index in [0.29, 0.717) is 0 Å². The quantitative estimate of drug-likeness (QED) is 0.103. The van der Waals surface area contributed by atoms with Crippen LogP contribution in [0.4, 0.5) is 17.1 Å². The molecule has 0 saturated carbocycles. The van der Waals surface area contributed by atoms with Gasteiger partial charge >= 0.3 is 0 Å². The second-order valence-corrected chi connectivity index (χ2v) is 11.8. The number of thiocarbonyl (C=S) groups is 3. The molecule has 0 spiro atoms. The first-order chi connectivity index (χ1) is 22.6. The molecule has 13 heteroatoms. The number of nitrogens with one attached hydrogen (secondary N) is 3. The number of ketones is 6. The summed E-state index contributed by atoms with van der Waals surface area (Å²) in [4.78, 5) is 68.4. The number of carbonyl (C=O) groups is 6. The van der Waals surface area contributed by atoms with E-state index in [-0.39, 0.29) is 66.7 Å². The summed E-state index contributed by atoms with van der Waals surface area (Å²) < 4.78 is 0. The first kappa shape index (κ1) is 44.9. The molecular weight excluding hydrogens is 722 g/mol. The first-order valence-corrected chi connectivity index (χ1v) is 15.9. The molecule has 0 radical (unpaired) electrons. The van der Waals surface area contributed by atoms with Gasteiger partial charge in [-0.05, 0) is 77.9 Å². The normalized spacial score (nSPS) is 9.73. The molecule has 0 bridgehead atoms. The Morgan fingerprint density at radius 2 is 0.551 bits per heavy atom. The largest absolute Gasteiger partial charge is 0.349 e. The third-order valence-corrected chi connectivity index (χ3v) is 7.36. The van der Waals surface area contributed by atoms with Gasteiger partial charge < -0.3 is 16.0 Å². The van der Waals surface area contributed by atoms with E-state index in [1.54, 1.807) is 0 Å². The zero-order chi connectivity index (χ0) is 36.4. The third-order valence-electron chi connectivity index (χ3n) is 6.35. The van der Waals surface area contributed by atoms with E-state index in [1.807, 2.05) is 91.0 Å². The summed E-state index contributed by atoms with van der Waals surface area (Å²) in [7, 11) is 0. The Morgan fingerprint density at radius 1 is 0.388 bits per heavy atom. The van der Waals surface area contributed by atoms with Gasteiger partial charge in [0, 0.05) is 34.1 Å². The van der Waals surface area contributed by atoms with Crippen molar-refractivity contribution in [2.75, 3.05) is 16.0 Å². The van der Waals surface area contributed by atoms with Crippen molar-refractivity contribution in [3.05, 3.63) is 91.0 Å². The molecular formula is C36H39FeN3O6S3. The molecule has 3 N–H and O–H groups in total. The minimum atomic E-state index is -0.838. The van der Waals surface area contributed by atoms with Crippen molar-refractivity contribution >= 4 is 103 Å². The maximum absolute atomic E-state index is 11.3. The third kappa shape index (κ3) is 16.7. The molecule has 0 fully saturated rings. The molecule has 49 heavy (non-hydrogen) atoms. The number of para-hydroxylation sites is 3. The van der Waals surface area contributed by atoms with Crippen LogP contribution in [0.1, 0.15) is 41.5 Å². The van der Waals surface area contributed by atoms with Gasteiger partial charge in [0.2, 0.25) is 0 Å². The maximum Gasteiger partial charge on any atom is 0.147 e. The average molecular weight is 762 g/mol. The van der Waals surface area contributed by atoms with Crippen LogP contribution in [0, 0.1) is 17.8 Å². The Kier molecular flexibility index (Phi) is 21.3. The SMILES string of the molecule is CC(=O)C(C(C)=O)C(=S)Nc1ccccc1.CC(=O)C(C(C)=O)C(=S)Nc1ccccc1.CC(=O)C(C(C)=O)C(=S)Nc1ccccc1.[Fe]. The summed E-state index contributed by atoms with van der Waals surface area (Å²) >= 11 is 15.2. The smallest absolute Gasteiger partial charge is 0.147 e. The fraction of sp³-hybridized carbons (Fsp3) is 0.250. The van der Waals surface area contributed by atoms with Crippen molar-refractivity contribution in [2.24, 2.45) is 17.8 Å². The Balaban J connectivity index is 0.000000698. The zero-order valence-corrected chi connectivity index (χ0v) is 31.5. The molecule has 0 amide bonds. The summed E-state index contributed by atoms with van der Waals surface area (Å²) in [6.45, 7) is 8.20. The topological polar surface area (TPSA) is 139 Å². The van der Waals surface area contributed by atoms with E-state index in [4.69, 9.17) is 36.7 Å². The van der Waals surface area contributed by atoms with E-state index in [2.05, 4.69) is 16.0 Å². The molecule has 3 rings (SSSR count). The minimum Gasteiger partial charge on any atom is -0.349 e. The number of anilines is 3. The van der Waals surface area contributed by atoms with E-state index in [0.717, 1.165) is 17.1 Å². The molecule has 260 valence electrons. The van der Waals surface area contributed by atoms with Gasteiger partial charge in [-0.3, -0.25) is 28.8 Å². The Hall–Kier alpha value is -4.13. The molecule has 9 nitrogen and oxygen atoms in total. The second-order valence-electron chi connectivity index (χ2n) is 10.5. The Labute approximate surface area is 313 Å². The van der Waals surface area contributed by atoms with E-state index < -0.39 is 17.8 Å². The van der Waals surface area contributed by atoms with Crippen LogP contribution in [0.5, 0.6) is 0 Å². The molecule has 3 aromatic carbocycles. The van der Waals surface area contributed by atoms with Crippen LogP contribution in [-0.2, 0) is 45.8 Å². The summed E-state index contributed by atoms with van der Waals surface area (Å²) in [5, 5.41) is 8.68. The predicted octanol–water partition coefficient (Wildman–Crippen LogP) is 6.66. The molecule has 0 aliphatic heterocycles. The molecule has 0 atom stereocenters. The average Bonchev–Trinajstić information content (AvgIpc) is 2.98. The van der Waals surface area contributed by atoms with Crippen LogP contribution in [0.2, 0.25) is 0 Å². The van der Waals surface area contributed by atoms with Crippen LogP contribution < -0.4 is 16.0 Å². The van der Waals surface area contributed by atoms with Gasteiger partial charge in [-0.1, -0.05) is 91.3 Å². The van der Waals surface area contributed by atoms with Crippen LogP contribution in [0.15, 0.2) is 91.0 Å². The number of Topliss-reactive ketones (excluding diaryl/α,β-unsaturated/α-hetero) is 6. The number of carbonyl (C=O) groups excluding carboxylic acids is 6. The van der Waals surface area contributed by atoms with Crippen molar-refractivity contribution in [2.45, 2.75) is 41.5 Å². The van der Waals surface area contributed by atoms with Crippen molar-refractivity contribution in [3.63, 3.8) is 0 Å². The summed E-state index contributed by atoms with van der Waals surface area (Å²) in [5.41, 5.74) is 2.33.